The highest BCUT2D eigenvalue weighted by Gasteiger charge is 2.32. The van der Waals surface area contributed by atoms with Gasteiger partial charge in [0, 0.05) is 37.3 Å². The molecule has 3 aromatic rings. The lowest BCUT2D eigenvalue weighted by Gasteiger charge is -2.17. The molecule has 2 aromatic heterocycles. The molecule has 0 radical (unpaired) electrons. The zero-order chi connectivity index (χ0) is 21.0. The number of anilines is 2. The molecule has 1 aromatic carbocycles. The van der Waals surface area contributed by atoms with Crippen LogP contribution in [-0.2, 0) is 6.42 Å². The van der Waals surface area contributed by atoms with Crippen molar-refractivity contribution in [2.24, 2.45) is 0 Å². The molecule has 1 saturated carbocycles. The number of aromatic nitrogens is 3. The lowest BCUT2D eigenvalue weighted by atomic mass is 10.0. The Labute approximate surface area is 174 Å². The largest absolute Gasteiger partial charge is 0.494 e. The lowest BCUT2D eigenvalue weighted by Crippen LogP contribution is -2.24. The van der Waals surface area contributed by atoms with Crippen LogP contribution in [0.5, 0.6) is 11.5 Å². The van der Waals surface area contributed by atoms with Crippen LogP contribution in [0.1, 0.15) is 42.6 Å². The fraction of sp³-hybridized carbons (Fsp3) is 0.409. The maximum atomic E-state index is 13.1. The summed E-state index contributed by atoms with van der Waals surface area (Å²) in [5, 5.41) is 7.26. The van der Waals surface area contributed by atoms with E-state index in [4.69, 9.17) is 14.5 Å². The first-order valence-electron chi connectivity index (χ1n) is 10.1. The number of methoxy groups -OCH3 is 1. The number of benzene rings is 1. The van der Waals surface area contributed by atoms with Gasteiger partial charge in [0.05, 0.1) is 19.0 Å². The van der Waals surface area contributed by atoms with E-state index >= 15 is 0 Å². The van der Waals surface area contributed by atoms with Gasteiger partial charge in [-0.3, -0.25) is 4.79 Å². The highest BCUT2D eigenvalue weighted by atomic mass is 16.5. The molecular weight excluding hydrogens is 382 g/mol. The number of hydrogen-bond donors (Lipinski definition) is 1. The molecule has 0 spiro atoms. The van der Waals surface area contributed by atoms with Crippen molar-refractivity contribution in [2.75, 3.05) is 24.4 Å². The van der Waals surface area contributed by atoms with Crippen LogP contribution in [0.4, 0.5) is 11.5 Å². The Bertz CT molecular complexity index is 1150. The van der Waals surface area contributed by atoms with Gasteiger partial charge in [-0.1, -0.05) is 0 Å². The van der Waals surface area contributed by atoms with Crippen molar-refractivity contribution in [3.05, 3.63) is 41.7 Å². The van der Waals surface area contributed by atoms with E-state index < -0.39 is 0 Å². The summed E-state index contributed by atoms with van der Waals surface area (Å²) >= 11 is 0. The highest BCUT2D eigenvalue weighted by molar-refractivity contribution is 6.09. The van der Waals surface area contributed by atoms with Gasteiger partial charge in [-0.2, -0.15) is 5.10 Å². The number of ether oxygens (including phenoxy) is 2. The van der Waals surface area contributed by atoms with Gasteiger partial charge in [-0.15, -0.1) is 0 Å². The fourth-order valence-electron chi connectivity index (χ4n) is 3.95. The first-order valence-corrected chi connectivity index (χ1v) is 10.1. The molecule has 2 aliphatic rings. The van der Waals surface area contributed by atoms with Gasteiger partial charge in [0.2, 0.25) is 0 Å². The van der Waals surface area contributed by atoms with E-state index in [1.807, 2.05) is 45.3 Å². The van der Waals surface area contributed by atoms with Gasteiger partial charge in [-0.05, 0) is 38.8 Å². The Morgan fingerprint density at radius 2 is 2.17 bits per heavy atom. The Kier molecular flexibility index (Phi) is 4.13. The molecule has 0 atom stereocenters. The van der Waals surface area contributed by atoms with Crippen molar-refractivity contribution < 1.29 is 14.3 Å². The minimum Gasteiger partial charge on any atom is -0.494 e. The second-order valence-corrected chi connectivity index (χ2v) is 8.61. The number of nitrogens with one attached hydrogen (secondary N) is 1. The van der Waals surface area contributed by atoms with Crippen molar-refractivity contribution in [1.82, 2.24) is 14.6 Å². The highest BCUT2D eigenvalue weighted by Crippen LogP contribution is 2.41. The van der Waals surface area contributed by atoms with Crippen LogP contribution in [0.25, 0.3) is 5.65 Å². The Hall–Kier alpha value is -3.29. The van der Waals surface area contributed by atoms with Crippen LogP contribution in [0, 0.1) is 0 Å². The van der Waals surface area contributed by atoms with E-state index in [0.29, 0.717) is 28.7 Å². The monoisotopic (exact) mass is 407 g/mol. The van der Waals surface area contributed by atoms with Gasteiger partial charge >= 0.3 is 0 Å². The summed E-state index contributed by atoms with van der Waals surface area (Å²) in [5.41, 5.74) is 2.32. The number of hydrogen-bond acceptors (Lipinski definition) is 6. The van der Waals surface area contributed by atoms with Crippen LogP contribution >= 0.6 is 0 Å². The number of fused-ring (bicyclic) bond motifs is 2. The normalized spacial score (nSPS) is 16.8. The smallest absolute Gasteiger partial charge is 0.261 e. The number of amides is 1. The molecule has 8 nitrogen and oxygen atoms in total. The average molecular weight is 407 g/mol. The molecule has 0 saturated heterocycles. The number of carbonyl (C=O) groups is 1. The van der Waals surface area contributed by atoms with Crippen molar-refractivity contribution in [3.63, 3.8) is 0 Å². The first kappa shape index (κ1) is 18.7. The molecule has 30 heavy (non-hydrogen) atoms. The summed E-state index contributed by atoms with van der Waals surface area (Å²) < 4.78 is 13.1. The zero-order valence-electron chi connectivity index (χ0n) is 17.6. The van der Waals surface area contributed by atoms with Crippen LogP contribution < -0.4 is 19.7 Å². The topological polar surface area (TPSA) is 81.0 Å². The van der Waals surface area contributed by atoms with Crippen LogP contribution in [-0.4, -0.2) is 46.3 Å². The molecular formula is C22H25N5O3. The van der Waals surface area contributed by atoms with Crippen molar-refractivity contribution in [3.8, 4) is 11.5 Å². The summed E-state index contributed by atoms with van der Waals surface area (Å²) in [4.78, 5) is 20.0. The molecule has 1 N–H and O–H groups in total. The van der Waals surface area contributed by atoms with Gasteiger partial charge in [-0.25, -0.2) is 9.50 Å². The summed E-state index contributed by atoms with van der Waals surface area (Å²) in [6.07, 6.45) is 6.50. The van der Waals surface area contributed by atoms with Crippen LogP contribution in [0.15, 0.2) is 30.6 Å². The Morgan fingerprint density at radius 1 is 1.37 bits per heavy atom. The minimum atomic E-state index is -0.278. The standard InChI is InChI=1S/C22H25N5O3/c1-22(2)11-13-9-16(18(29-4)10-17(13)30-22)24-21(28)15-12-23-27-8-7-19(25-20(15)27)26(3)14-5-6-14/h7-10,12,14H,5-6,11H2,1-4H3,(H,24,28). The van der Waals surface area contributed by atoms with Crippen LogP contribution in [0.3, 0.4) is 0 Å². The minimum absolute atomic E-state index is 0.272. The summed E-state index contributed by atoms with van der Waals surface area (Å²) in [7, 11) is 3.61. The van der Waals surface area contributed by atoms with Crippen molar-refractivity contribution in [2.45, 2.75) is 44.8 Å². The van der Waals surface area contributed by atoms with E-state index in [1.165, 1.54) is 12.8 Å². The van der Waals surface area contributed by atoms with E-state index in [2.05, 4.69) is 15.3 Å². The maximum Gasteiger partial charge on any atom is 0.261 e. The maximum absolute atomic E-state index is 13.1. The van der Waals surface area contributed by atoms with Gasteiger partial charge in [0.25, 0.3) is 5.91 Å². The molecule has 0 unspecified atom stereocenters. The molecule has 1 aliphatic heterocycles. The number of nitrogens with zero attached hydrogens (tertiary/aromatic N) is 4. The summed E-state index contributed by atoms with van der Waals surface area (Å²) in [5.74, 6) is 1.91. The summed E-state index contributed by atoms with van der Waals surface area (Å²) in [6, 6.07) is 6.20. The molecule has 0 bridgehead atoms. The lowest BCUT2D eigenvalue weighted by molar-refractivity contribution is 0.102. The van der Waals surface area contributed by atoms with E-state index in [-0.39, 0.29) is 11.5 Å². The van der Waals surface area contributed by atoms with Crippen molar-refractivity contribution in [1.29, 1.82) is 0 Å². The molecule has 3 heterocycles. The molecule has 5 rings (SSSR count). The molecule has 156 valence electrons. The Balaban J connectivity index is 1.46. The third-order valence-corrected chi connectivity index (χ3v) is 5.69. The van der Waals surface area contributed by atoms with Gasteiger partial charge in [0.1, 0.15) is 28.5 Å². The molecule has 1 fully saturated rings. The predicted octanol–water partition coefficient (Wildman–Crippen LogP) is 3.30. The fourth-order valence-corrected chi connectivity index (χ4v) is 3.95. The predicted molar refractivity (Wildman–Crippen MR) is 114 cm³/mol. The van der Waals surface area contributed by atoms with Crippen molar-refractivity contribution >= 4 is 23.1 Å². The average Bonchev–Trinajstić information content (AvgIpc) is 3.39. The first-order chi connectivity index (χ1) is 14.3. The van der Waals surface area contributed by atoms with Crippen LogP contribution in [0.2, 0.25) is 0 Å². The summed E-state index contributed by atoms with van der Waals surface area (Å²) in [6.45, 7) is 4.08. The zero-order valence-corrected chi connectivity index (χ0v) is 17.6. The molecule has 1 aliphatic carbocycles. The van der Waals surface area contributed by atoms with Gasteiger partial charge < -0.3 is 19.7 Å². The molecule has 1 amide bonds. The van der Waals surface area contributed by atoms with Gasteiger partial charge in [0.15, 0.2) is 5.65 Å². The van der Waals surface area contributed by atoms with E-state index in [9.17, 15) is 4.79 Å². The number of carbonyl (C=O) groups excluding carboxylic acids is 1. The SMILES string of the molecule is COc1cc2c(cc1NC(=O)c1cnn3ccc(N(C)C4CC4)nc13)CC(C)(C)O2. The van der Waals surface area contributed by atoms with E-state index in [1.54, 1.807) is 17.8 Å². The Morgan fingerprint density at radius 3 is 2.90 bits per heavy atom. The number of rotatable bonds is 5. The third-order valence-electron chi connectivity index (χ3n) is 5.69. The van der Waals surface area contributed by atoms with E-state index in [0.717, 1.165) is 23.6 Å². The second-order valence-electron chi connectivity index (χ2n) is 8.61. The second kappa shape index (κ2) is 6.62. The quantitative estimate of drug-likeness (QED) is 0.699. The molecule has 8 heteroatoms. The third kappa shape index (κ3) is 3.22.